The lowest BCUT2D eigenvalue weighted by Gasteiger charge is -2.42. The molecule has 7 nitrogen and oxygen atoms in total. The molecule has 0 aliphatic carbocycles. The summed E-state index contributed by atoms with van der Waals surface area (Å²) >= 11 is 0. The Labute approximate surface area is 254 Å². The zero-order valence-corrected chi connectivity index (χ0v) is 25.1. The minimum absolute atomic E-state index is 0.00952. The molecule has 2 N–H and O–H groups in total. The lowest BCUT2D eigenvalue weighted by molar-refractivity contribution is -0.275. The molecule has 4 aromatic rings. The second-order valence-corrected chi connectivity index (χ2v) is 11.4. The number of carbonyl (C=O) groups is 1. The van der Waals surface area contributed by atoms with E-state index in [-0.39, 0.29) is 30.6 Å². The van der Waals surface area contributed by atoms with Gasteiger partial charge in [0.2, 0.25) is 5.91 Å². The maximum atomic E-state index is 11.4. The van der Waals surface area contributed by atoms with Gasteiger partial charge in [-0.2, -0.15) is 0 Å². The van der Waals surface area contributed by atoms with Gasteiger partial charge in [0, 0.05) is 56.4 Å². The van der Waals surface area contributed by atoms with E-state index in [9.17, 15) is 9.90 Å². The number of amides is 1. The van der Waals surface area contributed by atoms with Gasteiger partial charge in [-0.3, -0.25) is 9.78 Å². The first kappa shape index (κ1) is 30.6. The smallest absolute Gasteiger partial charge is 0.217 e. The molecule has 43 heavy (non-hydrogen) atoms. The molecule has 5 rings (SSSR count). The van der Waals surface area contributed by atoms with Crippen molar-refractivity contribution in [1.82, 2.24) is 15.2 Å². The van der Waals surface area contributed by atoms with Crippen molar-refractivity contribution in [2.24, 2.45) is 5.92 Å². The molecule has 1 aromatic heterocycles. The Bertz CT molecular complexity index is 1480. The number of carbonyl (C=O) groups excluding carboxylic acids is 1. The van der Waals surface area contributed by atoms with E-state index in [1.807, 2.05) is 60.8 Å². The largest absolute Gasteiger partial charge is 0.392 e. The monoisotopic (exact) mass is 579 g/mol. The average molecular weight is 580 g/mol. The first-order chi connectivity index (χ1) is 20.9. The third-order valence-electron chi connectivity index (χ3n) is 8.05. The highest BCUT2D eigenvalue weighted by Gasteiger charge is 2.38. The quantitative estimate of drug-likeness (QED) is 0.232. The topological polar surface area (TPSA) is 83.9 Å². The highest BCUT2D eigenvalue weighted by Crippen LogP contribution is 2.42. The highest BCUT2D eigenvalue weighted by atomic mass is 16.7. The molecule has 3 aromatic carbocycles. The number of aliphatic hydroxyl groups is 1. The van der Waals surface area contributed by atoms with Gasteiger partial charge >= 0.3 is 0 Å². The Balaban J connectivity index is 1.38. The summed E-state index contributed by atoms with van der Waals surface area (Å²) in [6.45, 7) is 5.84. The van der Waals surface area contributed by atoms with E-state index in [0.29, 0.717) is 6.54 Å². The minimum atomic E-state index is -0.546. The second kappa shape index (κ2) is 14.5. The summed E-state index contributed by atoms with van der Waals surface area (Å²) in [5.74, 6) is 0.0490. The first-order valence-electron chi connectivity index (χ1n) is 14.9. The van der Waals surface area contributed by atoms with Gasteiger partial charge in [-0.15, -0.1) is 0 Å². The van der Waals surface area contributed by atoms with Gasteiger partial charge in [0.1, 0.15) is 0 Å². The SMILES string of the molecule is CC(=O)NCc1cccc(-c2cccc(C3OC(CN(C)CCc4ccccn4)C(C)C(c4ccc(CO)cc4)O3)c2)c1. The molecule has 0 radical (unpaired) electrons. The molecule has 4 atom stereocenters. The van der Waals surface area contributed by atoms with Crippen LogP contribution in [0.3, 0.4) is 0 Å². The lowest BCUT2D eigenvalue weighted by atomic mass is 9.90. The van der Waals surface area contributed by atoms with Crippen LogP contribution < -0.4 is 5.32 Å². The Morgan fingerprint density at radius 3 is 2.40 bits per heavy atom. The second-order valence-electron chi connectivity index (χ2n) is 11.4. The summed E-state index contributed by atoms with van der Waals surface area (Å²) < 4.78 is 13.4. The molecule has 4 unspecified atom stereocenters. The number of hydrogen-bond donors (Lipinski definition) is 2. The molecule has 0 spiro atoms. The zero-order valence-electron chi connectivity index (χ0n) is 25.1. The van der Waals surface area contributed by atoms with E-state index < -0.39 is 6.29 Å². The zero-order chi connectivity index (χ0) is 30.2. The summed E-state index contributed by atoms with van der Waals surface area (Å²) in [6, 6.07) is 30.5. The van der Waals surface area contributed by atoms with Gasteiger partial charge in [0.05, 0.1) is 18.8 Å². The van der Waals surface area contributed by atoms with Crippen LogP contribution in [-0.2, 0) is 33.8 Å². The Morgan fingerprint density at radius 2 is 1.67 bits per heavy atom. The molecule has 0 bridgehead atoms. The third-order valence-corrected chi connectivity index (χ3v) is 8.05. The van der Waals surface area contributed by atoms with E-state index in [2.05, 4.69) is 65.6 Å². The normalized spacial score (nSPS) is 20.2. The molecular formula is C36H41N3O4. The highest BCUT2D eigenvalue weighted by molar-refractivity contribution is 5.73. The Hall–Kier alpha value is -3.88. The van der Waals surface area contributed by atoms with E-state index in [0.717, 1.165) is 58.6 Å². The summed E-state index contributed by atoms with van der Waals surface area (Å²) in [7, 11) is 2.13. The van der Waals surface area contributed by atoms with Crippen LogP contribution in [0.25, 0.3) is 11.1 Å². The van der Waals surface area contributed by atoms with Gasteiger partial charge in [-0.25, -0.2) is 0 Å². The molecule has 1 saturated heterocycles. The molecule has 224 valence electrons. The van der Waals surface area contributed by atoms with Crippen molar-refractivity contribution >= 4 is 5.91 Å². The van der Waals surface area contributed by atoms with Crippen LogP contribution in [0.2, 0.25) is 0 Å². The van der Waals surface area contributed by atoms with Gasteiger partial charge in [0.15, 0.2) is 6.29 Å². The number of benzene rings is 3. The van der Waals surface area contributed by atoms with Crippen LogP contribution >= 0.6 is 0 Å². The van der Waals surface area contributed by atoms with Crippen LogP contribution in [0.4, 0.5) is 0 Å². The van der Waals surface area contributed by atoms with E-state index in [1.54, 1.807) is 0 Å². The van der Waals surface area contributed by atoms with Crippen LogP contribution in [0, 0.1) is 5.92 Å². The minimum Gasteiger partial charge on any atom is -0.392 e. The molecular weight excluding hydrogens is 538 g/mol. The first-order valence-corrected chi connectivity index (χ1v) is 14.9. The van der Waals surface area contributed by atoms with Crippen molar-refractivity contribution in [3.05, 3.63) is 125 Å². The van der Waals surface area contributed by atoms with Crippen molar-refractivity contribution in [2.75, 3.05) is 20.1 Å². The maximum absolute atomic E-state index is 11.4. The van der Waals surface area contributed by atoms with Crippen LogP contribution in [0.15, 0.2) is 97.2 Å². The van der Waals surface area contributed by atoms with Crippen LogP contribution in [0.1, 0.15) is 54.2 Å². The van der Waals surface area contributed by atoms with E-state index >= 15 is 0 Å². The van der Waals surface area contributed by atoms with Crippen molar-refractivity contribution in [2.45, 2.75) is 51.9 Å². The maximum Gasteiger partial charge on any atom is 0.217 e. The van der Waals surface area contributed by atoms with Gasteiger partial charge in [-0.1, -0.05) is 73.7 Å². The van der Waals surface area contributed by atoms with Crippen LogP contribution in [-0.4, -0.2) is 47.1 Å². The summed E-state index contributed by atoms with van der Waals surface area (Å²) in [6.07, 6.45) is 1.91. The fourth-order valence-electron chi connectivity index (χ4n) is 5.53. The van der Waals surface area contributed by atoms with Crippen molar-refractivity contribution in [1.29, 1.82) is 0 Å². The molecule has 1 aliphatic heterocycles. The number of likely N-dealkylation sites (N-methyl/N-ethyl adjacent to an activating group) is 1. The standard InChI is InChI=1S/C36H41N3O4/c1-25-34(23-39(3)19-17-33-12-4-5-18-37-33)42-36(43-35(25)29-15-13-27(24-40)14-16-29)32-11-7-10-31(21-32)30-9-6-8-28(20-30)22-38-26(2)41/h4-16,18,20-21,25,34-36,40H,17,19,22-24H2,1-3H3,(H,38,41). The molecule has 7 heteroatoms. The van der Waals surface area contributed by atoms with E-state index in [4.69, 9.17) is 9.47 Å². The number of nitrogens with zero attached hydrogens (tertiary/aromatic N) is 2. The Morgan fingerprint density at radius 1 is 0.907 bits per heavy atom. The molecule has 1 fully saturated rings. The summed E-state index contributed by atoms with van der Waals surface area (Å²) in [5, 5.41) is 12.4. The van der Waals surface area contributed by atoms with Crippen molar-refractivity contribution in [3.63, 3.8) is 0 Å². The van der Waals surface area contributed by atoms with Gasteiger partial charge < -0.3 is 24.8 Å². The summed E-state index contributed by atoms with van der Waals surface area (Å²) in [4.78, 5) is 18.2. The number of nitrogens with one attached hydrogen (secondary N) is 1. The molecule has 1 amide bonds. The number of pyridine rings is 1. The number of aromatic nitrogens is 1. The average Bonchev–Trinajstić information content (AvgIpc) is 3.04. The third kappa shape index (κ3) is 8.15. The molecule has 1 aliphatic rings. The van der Waals surface area contributed by atoms with Gasteiger partial charge in [-0.05, 0) is 59.1 Å². The number of aliphatic hydroxyl groups excluding tert-OH is 1. The summed E-state index contributed by atoms with van der Waals surface area (Å²) in [5.41, 5.74) is 7.14. The fourth-order valence-corrected chi connectivity index (χ4v) is 5.53. The lowest BCUT2D eigenvalue weighted by Crippen LogP contribution is -2.43. The van der Waals surface area contributed by atoms with Crippen molar-refractivity contribution < 1.29 is 19.4 Å². The van der Waals surface area contributed by atoms with E-state index in [1.165, 1.54) is 6.92 Å². The predicted molar refractivity (Wildman–Crippen MR) is 168 cm³/mol. The number of hydrogen-bond acceptors (Lipinski definition) is 6. The molecule has 2 heterocycles. The predicted octanol–water partition coefficient (Wildman–Crippen LogP) is 5.84. The van der Waals surface area contributed by atoms with Crippen LogP contribution in [0.5, 0.6) is 0 Å². The number of ether oxygens (including phenoxy) is 2. The Kier molecular flexibility index (Phi) is 10.3. The van der Waals surface area contributed by atoms with Crippen molar-refractivity contribution in [3.8, 4) is 11.1 Å². The van der Waals surface area contributed by atoms with Gasteiger partial charge in [0.25, 0.3) is 0 Å². The fraction of sp³-hybridized carbons (Fsp3) is 0.333. The number of rotatable bonds is 11. The molecule has 0 saturated carbocycles.